The first-order chi connectivity index (χ1) is 7.81. The standard InChI is InChI=1S/C12H16N2O2/c1-16-12-4-3-10(8-13)7-11(12)9-14-5-2-6-15/h3-4,7,14-15H,2,5-6,9H2,1H3. The second-order valence-corrected chi connectivity index (χ2v) is 3.39. The number of nitrogens with one attached hydrogen (secondary N) is 1. The number of ether oxygens (including phenoxy) is 1. The van der Waals surface area contributed by atoms with Crippen molar-refractivity contribution in [1.29, 1.82) is 5.26 Å². The van der Waals surface area contributed by atoms with Gasteiger partial charge in [0.05, 0.1) is 18.7 Å². The Bertz CT molecular complexity index is 372. The van der Waals surface area contributed by atoms with Crippen LogP contribution in [0, 0.1) is 11.3 Å². The van der Waals surface area contributed by atoms with E-state index in [0.717, 1.165) is 24.3 Å². The van der Waals surface area contributed by atoms with Crippen molar-refractivity contribution in [2.75, 3.05) is 20.3 Å². The number of methoxy groups -OCH3 is 1. The maximum absolute atomic E-state index is 8.79. The highest BCUT2D eigenvalue weighted by Crippen LogP contribution is 2.19. The number of hydrogen-bond donors (Lipinski definition) is 2. The Balaban J connectivity index is 2.65. The Morgan fingerprint density at radius 2 is 2.31 bits per heavy atom. The van der Waals surface area contributed by atoms with E-state index >= 15 is 0 Å². The molecule has 1 aromatic rings. The van der Waals surface area contributed by atoms with Gasteiger partial charge in [0, 0.05) is 18.7 Å². The predicted molar refractivity (Wildman–Crippen MR) is 61.1 cm³/mol. The number of aliphatic hydroxyl groups is 1. The van der Waals surface area contributed by atoms with Gasteiger partial charge in [-0.1, -0.05) is 0 Å². The molecule has 2 N–H and O–H groups in total. The van der Waals surface area contributed by atoms with Crippen LogP contribution < -0.4 is 10.1 Å². The van der Waals surface area contributed by atoms with Crippen LogP contribution in [0.1, 0.15) is 17.5 Å². The molecule has 0 aliphatic rings. The maximum atomic E-state index is 8.79. The lowest BCUT2D eigenvalue weighted by atomic mass is 10.1. The highest BCUT2D eigenvalue weighted by atomic mass is 16.5. The second-order valence-electron chi connectivity index (χ2n) is 3.39. The highest BCUT2D eigenvalue weighted by Gasteiger charge is 2.03. The summed E-state index contributed by atoms with van der Waals surface area (Å²) >= 11 is 0. The van der Waals surface area contributed by atoms with Crippen molar-refractivity contribution in [3.05, 3.63) is 29.3 Å². The van der Waals surface area contributed by atoms with Crippen molar-refractivity contribution in [1.82, 2.24) is 5.32 Å². The monoisotopic (exact) mass is 220 g/mol. The van der Waals surface area contributed by atoms with Gasteiger partial charge >= 0.3 is 0 Å². The lowest BCUT2D eigenvalue weighted by Crippen LogP contribution is -2.16. The number of aliphatic hydroxyl groups excluding tert-OH is 1. The van der Waals surface area contributed by atoms with Crippen LogP contribution in [-0.4, -0.2) is 25.4 Å². The lowest BCUT2D eigenvalue weighted by Gasteiger charge is -2.09. The number of benzene rings is 1. The Morgan fingerprint density at radius 3 is 2.94 bits per heavy atom. The third-order valence-electron chi connectivity index (χ3n) is 2.24. The van der Waals surface area contributed by atoms with Gasteiger partial charge in [0.25, 0.3) is 0 Å². The van der Waals surface area contributed by atoms with Gasteiger partial charge in [-0.3, -0.25) is 0 Å². The van der Waals surface area contributed by atoms with E-state index in [1.54, 1.807) is 19.2 Å². The Morgan fingerprint density at radius 1 is 1.50 bits per heavy atom. The fourth-order valence-electron chi connectivity index (χ4n) is 1.41. The van der Waals surface area contributed by atoms with Crippen molar-refractivity contribution < 1.29 is 9.84 Å². The van der Waals surface area contributed by atoms with Gasteiger partial charge in [0.15, 0.2) is 0 Å². The minimum Gasteiger partial charge on any atom is -0.496 e. The topological polar surface area (TPSA) is 65.3 Å². The molecule has 0 bridgehead atoms. The largest absolute Gasteiger partial charge is 0.496 e. The quantitative estimate of drug-likeness (QED) is 0.703. The summed E-state index contributed by atoms with van der Waals surface area (Å²) in [6.07, 6.45) is 0.722. The number of rotatable bonds is 6. The van der Waals surface area contributed by atoms with Gasteiger partial charge in [-0.2, -0.15) is 5.26 Å². The third kappa shape index (κ3) is 3.54. The van der Waals surface area contributed by atoms with Gasteiger partial charge in [-0.15, -0.1) is 0 Å². The van der Waals surface area contributed by atoms with Crippen molar-refractivity contribution >= 4 is 0 Å². The summed E-state index contributed by atoms with van der Waals surface area (Å²) in [6.45, 7) is 1.57. The molecule has 0 saturated carbocycles. The normalized spacial score (nSPS) is 9.81. The molecular formula is C12H16N2O2. The zero-order valence-electron chi connectivity index (χ0n) is 9.36. The van der Waals surface area contributed by atoms with Crippen LogP contribution >= 0.6 is 0 Å². The SMILES string of the molecule is COc1ccc(C#N)cc1CNCCCO. The minimum absolute atomic E-state index is 0.183. The minimum atomic E-state index is 0.183. The molecule has 0 radical (unpaired) electrons. The van der Waals surface area contributed by atoms with E-state index in [9.17, 15) is 0 Å². The summed E-state index contributed by atoms with van der Waals surface area (Å²) in [5, 5.41) is 20.6. The molecule has 0 heterocycles. The summed E-state index contributed by atoms with van der Waals surface area (Å²) in [5.74, 6) is 0.774. The van der Waals surface area contributed by atoms with E-state index in [1.165, 1.54) is 0 Å². The van der Waals surface area contributed by atoms with Gasteiger partial charge in [0.1, 0.15) is 5.75 Å². The first-order valence-electron chi connectivity index (χ1n) is 5.20. The summed E-state index contributed by atoms with van der Waals surface area (Å²) in [6, 6.07) is 7.43. The van der Waals surface area contributed by atoms with E-state index in [-0.39, 0.29) is 6.61 Å². The lowest BCUT2D eigenvalue weighted by molar-refractivity contribution is 0.286. The van der Waals surface area contributed by atoms with Gasteiger partial charge in [-0.25, -0.2) is 0 Å². The summed E-state index contributed by atoms with van der Waals surface area (Å²) in [7, 11) is 1.61. The fourth-order valence-corrected chi connectivity index (χ4v) is 1.41. The van der Waals surface area contributed by atoms with Crippen molar-refractivity contribution in [2.45, 2.75) is 13.0 Å². The van der Waals surface area contributed by atoms with Crippen molar-refractivity contribution in [2.24, 2.45) is 0 Å². The van der Waals surface area contributed by atoms with Crippen LogP contribution in [0.3, 0.4) is 0 Å². The van der Waals surface area contributed by atoms with Crippen LogP contribution in [0.15, 0.2) is 18.2 Å². The zero-order chi connectivity index (χ0) is 11.8. The molecule has 0 aliphatic heterocycles. The first kappa shape index (κ1) is 12.5. The molecule has 1 rings (SSSR count). The van der Waals surface area contributed by atoms with E-state index < -0.39 is 0 Å². The van der Waals surface area contributed by atoms with Crippen LogP contribution in [0.2, 0.25) is 0 Å². The molecule has 0 spiro atoms. The molecule has 0 atom stereocenters. The number of nitriles is 1. The van der Waals surface area contributed by atoms with E-state index in [1.807, 2.05) is 6.07 Å². The number of nitrogens with zero attached hydrogens (tertiary/aromatic N) is 1. The second kappa shape index (κ2) is 6.83. The molecule has 86 valence electrons. The van der Waals surface area contributed by atoms with Gasteiger partial charge < -0.3 is 15.2 Å². The Labute approximate surface area is 95.5 Å². The molecule has 16 heavy (non-hydrogen) atoms. The van der Waals surface area contributed by atoms with E-state index in [0.29, 0.717) is 12.1 Å². The fraction of sp³-hybridized carbons (Fsp3) is 0.417. The number of hydrogen-bond acceptors (Lipinski definition) is 4. The highest BCUT2D eigenvalue weighted by molar-refractivity contribution is 5.41. The molecule has 4 heteroatoms. The Hall–Kier alpha value is -1.57. The molecule has 0 aliphatic carbocycles. The molecule has 0 unspecified atom stereocenters. The Kier molecular flexibility index (Phi) is 5.34. The van der Waals surface area contributed by atoms with Gasteiger partial charge in [-0.05, 0) is 31.2 Å². The van der Waals surface area contributed by atoms with Crippen LogP contribution in [0.5, 0.6) is 5.75 Å². The van der Waals surface area contributed by atoms with E-state index in [4.69, 9.17) is 15.1 Å². The van der Waals surface area contributed by atoms with Crippen molar-refractivity contribution in [3.8, 4) is 11.8 Å². The molecule has 4 nitrogen and oxygen atoms in total. The summed E-state index contributed by atoms with van der Waals surface area (Å²) < 4.78 is 5.20. The van der Waals surface area contributed by atoms with Gasteiger partial charge in [0.2, 0.25) is 0 Å². The molecule has 0 aromatic heterocycles. The zero-order valence-corrected chi connectivity index (χ0v) is 9.36. The third-order valence-corrected chi connectivity index (χ3v) is 2.24. The van der Waals surface area contributed by atoms with Crippen LogP contribution in [0.4, 0.5) is 0 Å². The van der Waals surface area contributed by atoms with Crippen LogP contribution in [-0.2, 0) is 6.54 Å². The molecule has 1 aromatic carbocycles. The summed E-state index contributed by atoms with van der Waals surface area (Å²) in [5.41, 5.74) is 1.58. The first-order valence-corrected chi connectivity index (χ1v) is 5.20. The van der Waals surface area contributed by atoms with Crippen molar-refractivity contribution in [3.63, 3.8) is 0 Å². The molecule has 0 saturated heterocycles. The van der Waals surface area contributed by atoms with Crippen LogP contribution in [0.25, 0.3) is 0 Å². The average Bonchev–Trinajstić information content (AvgIpc) is 2.34. The van der Waals surface area contributed by atoms with E-state index in [2.05, 4.69) is 11.4 Å². The molecule has 0 fully saturated rings. The average molecular weight is 220 g/mol. The smallest absolute Gasteiger partial charge is 0.123 e. The molecular weight excluding hydrogens is 204 g/mol. The predicted octanol–water partition coefficient (Wildman–Crippen LogP) is 1.04. The molecule has 0 amide bonds. The summed E-state index contributed by atoms with van der Waals surface area (Å²) in [4.78, 5) is 0. The maximum Gasteiger partial charge on any atom is 0.123 e.